The Morgan fingerprint density at radius 2 is 1.96 bits per heavy atom. The Bertz CT molecular complexity index is 1080. The van der Waals surface area contributed by atoms with Gasteiger partial charge in [-0.1, -0.05) is 30.3 Å². The molecule has 2 N–H and O–H groups in total. The third kappa shape index (κ3) is 3.82. The first-order chi connectivity index (χ1) is 12.9. The maximum Gasteiger partial charge on any atom is 0.276 e. The van der Waals surface area contributed by atoms with E-state index in [1.807, 2.05) is 6.07 Å². The van der Waals surface area contributed by atoms with Crippen molar-refractivity contribution in [1.29, 1.82) is 0 Å². The van der Waals surface area contributed by atoms with E-state index in [1.54, 1.807) is 38.4 Å². The second-order valence-electron chi connectivity index (χ2n) is 6.02. The zero-order valence-electron chi connectivity index (χ0n) is 14.7. The van der Waals surface area contributed by atoms with Crippen molar-refractivity contribution in [2.75, 3.05) is 14.1 Å². The Hall–Kier alpha value is -3.59. The van der Waals surface area contributed by atoms with Crippen LogP contribution in [0.2, 0.25) is 0 Å². The lowest BCUT2D eigenvalue weighted by Gasteiger charge is -2.16. The average Bonchev–Trinajstić information content (AvgIpc) is 2.65. The number of benzene rings is 2. The van der Waals surface area contributed by atoms with E-state index in [4.69, 9.17) is 0 Å². The van der Waals surface area contributed by atoms with Crippen molar-refractivity contribution in [3.8, 4) is 0 Å². The number of aromatic nitrogens is 2. The van der Waals surface area contributed by atoms with Crippen LogP contribution in [0.5, 0.6) is 0 Å². The van der Waals surface area contributed by atoms with Gasteiger partial charge in [-0.25, -0.2) is 4.98 Å². The Morgan fingerprint density at radius 3 is 2.59 bits per heavy atom. The van der Waals surface area contributed by atoms with Crippen molar-refractivity contribution in [2.45, 2.75) is 6.10 Å². The molecule has 0 aliphatic carbocycles. The van der Waals surface area contributed by atoms with Crippen LogP contribution >= 0.6 is 0 Å². The van der Waals surface area contributed by atoms with Gasteiger partial charge in [0.1, 0.15) is 11.8 Å². The number of hydrogen-bond acceptors (Lipinski definition) is 7. The van der Waals surface area contributed by atoms with Crippen LogP contribution in [0.4, 0.5) is 5.69 Å². The Morgan fingerprint density at radius 1 is 1.26 bits per heavy atom. The molecule has 0 saturated carbocycles. The van der Waals surface area contributed by atoms with Gasteiger partial charge in [0.15, 0.2) is 5.69 Å². The van der Waals surface area contributed by atoms with E-state index >= 15 is 0 Å². The van der Waals surface area contributed by atoms with Crippen LogP contribution in [0.15, 0.2) is 58.4 Å². The van der Waals surface area contributed by atoms with Gasteiger partial charge in [-0.2, -0.15) is 5.10 Å². The maximum absolute atomic E-state index is 12.6. The third-order valence-corrected chi connectivity index (χ3v) is 3.81. The van der Waals surface area contributed by atoms with Crippen molar-refractivity contribution in [1.82, 2.24) is 15.0 Å². The molecule has 1 heterocycles. The molecule has 0 aliphatic heterocycles. The number of hydrogen-bond donors (Lipinski definition) is 2. The van der Waals surface area contributed by atoms with E-state index in [2.05, 4.69) is 15.1 Å². The average molecular weight is 367 g/mol. The Kier molecular flexibility index (Phi) is 4.95. The minimum Gasteiger partial charge on any atom is -0.382 e. The highest BCUT2D eigenvalue weighted by molar-refractivity contribution is 6.03. The summed E-state index contributed by atoms with van der Waals surface area (Å²) in [5, 5.41) is 27.4. The summed E-state index contributed by atoms with van der Waals surface area (Å²) in [4.78, 5) is 29.8. The molecule has 138 valence electrons. The molecular weight excluding hydrogens is 350 g/mol. The summed E-state index contributed by atoms with van der Waals surface area (Å²) in [5.41, 5.74) is 0.410. The minimum absolute atomic E-state index is 0.0543. The maximum atomic E-state index is 12.6. The number of aromatic amines is 1. The summed E-state index contributed by atoms with van der Waals surface area (Å²) < 4.78 is 0. The monoisotopic (exact) mass is 367 g/mol. The summed E-state index contributed by atoms with van der Waals surface area (Å²) >= 11 is 0. The van der Waals surface area contributed by atoms with Crippen LogP contribution in [-0.2, 0) is 0 Å². The zero-order valence-corrected chi connectivity index (χ0v) is 14.7. The highest BCUT2D eigenvalue weighted by Crippen LogP contribution is 2.20. The van der Waals surface area contributed by atoms with E-state index in [1.165, 1.54) is 23.2 Å². The van der Waals surface area contributed by atoms with Gasteiger partial charge in [-0.05, 0) is 11.6 Å². The topological polar surface area (TPSA) is 125 Å². The molecule has 1 atom stereocenters. The predicted molar refractivity (Wildman–Crippen MR) is 101 cm³/mol. The van der Waals surface area contributed by atoms with Gasteiger partial charge in [0.2, 0.25) is 0 Å². The van der Waals surface area contributed by atoms with Crippen LogP contribution in [-0.4, -0.2) is 44.8 Å². The summed E-state index contributed by atoms with van der Waals surface area (Å²) in [6, 6.07) is 12.8. The molecule has 0 fully saturated rings. The number of nitro benzene ring substituents is 1. The van der Waals surface area contributed by atoms with Crippen LogP contribution in [0.1, 0.15) is 17.4 Å². The van der Waals surface area contributed by atoms with Crippen LogP contribution in [0.25, 0.3) is 11.0 Å². The van der Waals surface area contributed by atoms with Crippen LogP contribution in [0.3, 0.4) is 0 Å². The molecule has 2 aromatic carbocycles. The SMILES string of the molecule is CN(C)/N=C(/c1nc2ccc([N+](=O)[O-])cc2[nH]c1=O)C(O)c1ccccc1. The number of nitro groups is 1. The first kappa shape index (κ1) is 18.2. The molecule has 1 aromatic heterocycles. The standard InChI is InChI=1S/C18H17N5O4/c1-22(2)21-15(17(24)11-6-4-3-5-7-11)16-18(25)20-14-10-12(23(26)27)8-9-13(14)19-16/h3-10,17,24H,1-2H3,(H,20,25)/b21-15-. The van der Waals surface area contributed by atoms with Crippen LogP contribution in [0, 0.1) is 10.1 Å². The van der Waals surface area contributed by atoms with E-state index < -0.39 is 16.6 Å². The molecule has 27 heavy (non-hydrogen) atoms. The molecular formula is C18H17N5O4. The quantitative estimate of drug-likeness (QED) is 0.403. The molecule has 9 heteroatoms. The number of nitrogens with one attached hydrogen (secondary N) is 1. The molecule has 0 amide bonds. The fourth-order valence-electron chi connectivity index (χ4n) is 2.60. The first-order valence-electron chi connectivity index (χ1n) is 8.04. The smallest absolute Gasteiger partial charge is 0.276 e. The first-order valence-corrected chi connectivity index (χ1v) is 8.04. The number of hydrazone groups is 1. The van der Waals surface area contributed by atoms with Gasteiger partial charge in [-0.3, -0.25) is 14.9 Å². The van der Waals surface area contributed by atoms with Crippen molar-refractivity contribution in [3.05, 3.63) is 80.3 Å². The molecule has 0 spiro atoms. The van der Waals surface area contributed by atoms with Gasteiger partial charge in [-0.15, -0.1) is 0 Å². The molecule has 0 saturated heterocycles. The normalized spacial score (nSPS) is 12.8. The number of fused-ring (bicyclic) bond motifs is 1. The molecule has 0 bridgehead atoms. The van der Waals surface area contributed by atoms with E-state index in [0.717, 1.165) is 0 Å². The number of H-pyrrole nitrogens is 1. The van der Waals surface area contributed by atoms with Gasteiger partial charge < -0.3 is 15.1 Å². The number of aliphatic hydroxyl groups is 1. The minimum atomic E-state index is -1.17. The largest absolute Gasteiger partial charge is 0.382 e. The zero-order chi connectivity index (χ0) is 19.6. The van der Waals surface area contributed by atoms with Crippen molar-refractivity contribution >= 4 is 22.4 Å². The second-order valence-corrected chi connectivity index (χ2v) is 6.02. The summed E-state index contributed by atoms with van der Waals surface area (Å²) in [5.74, 6) is 0. The second kappa shape index (κ2) is 7.34. The lowest BCUT2D eigenvalue weighted by Crippen LogP contribution is -2.27. The Balaban J connectivity index is 2.16. The third-order valence-electron chi connectivity index (χ3n) is 3.81. The fourth-order valence-corrected chi connectivity index (χ4v) is 2.60. The van der Waals surface area contributed by atoms with E-state index in [9.17, 15) is 20.0 Å². The molecule has 0 aliphatic rings. The van der Waals surface area contributed by atoms with Crippen molar-refractivity contribution < 1.29 is 10.0 Å². The van der Waals surface area contributed by atoms with Crippen LogP contribution < -0.4 is 5.56 Å². The van der Waals surface area contributed by atoms with Gasteiger partial charge in [0.25, 0.3) is 11.2 Å². The van der Waals surface area contributed by atoms with E-state index in [0.29, 0.717) is 11.1 Å². The summed E-state index contributed by atoms with van der Waals surface area (Å²) in [6.07, 6.45) is -1.17. The lowest BCUT2D eigenvalue weighted by atomic mass is 10.0. The fraction of sp³-hybridized carbons (Fsp3) is 0.167. The highest BCUT2D eigenvalue weighted by Gasteiger charge is 2.23. The molecule has 3 aromatic rings. The van der Waals surface area contributed by atoms with Crippen molar-refractivity contribution in [3.63, 3.8) is 0 Å². The Labute approximate surface area is 153 Å². The molecule has 1 unspecified atom stereocenters. The van der Waals surface area contributed by atoms with Crippen molar-refractivity contribution in [2.24, 2.45) is 5.10 Å². The molecule has 3 rings (SSSR count). The number of nitrogens with zero attached hydrogens (tertiary/aromatic N) is 4. The number of rotatable bonds is 5. The number of aliphatic hydroxyl groups excluding tert-OH is 1. The summed E-state index contributed by atoms with van der Waals surface area (Å²) in [6.45, 7) is 0. The molecule has 9 nitrogen and oxygen atoms in total. The predicted octanol–water partition coefficient (Wildman–Crippen LogP) is 1.83. The van der Waals surface area contributed by atoms with E-state index in [-0.39, 0.29) is 22.6 Å². The summed E-state index contributed by atoms with van der Waals surface area (Å²) in [7, 11) is 3.33. The van der Waals surface area contributed by atoms with Gasteiger partial charge in [0.05, 0.1) is 16.0 Å². The lowest BCUT2D eigenvalue weighted by molar-refractivity contribution is -0.384. The van der Waals surface area contributed by atoms with Gasteiger partial charge in [0, 0.05) is 26.2 Å². The van der Waals surface area contributed by atoms with Gasteiger partial charge >= 0.3 is 0 Å². The highest BCUT2D eigenvalue weighted by atomic mass is 16.6. The number of non-ortho nitro benzene ring substituents is 1. The molecule has 0 radical (unpaired) electrons.